The van der Waals surface area contributed by atoms with Crippen LogP contribution in [0.25, 0.3) is 0 Å². The Morgan fingerprint density at radius 1 is 0.571 bits per heavy atom. The zero-order chi connectivity index (χ0) is 20.2. The van der Waals surface area contributed by atoms with E-state index >= 15 is 0 Å². The molecular weight excluding hydrogens is 382 g/mol. The maximum Gasteiger partial charge on any atom is 0.416 e. The summed E-state index contributed by atoms with van der Waals surface area (Å²) in [6.07, 6.45) is -10.0. The number of hydrogen-bond donors (Lipinski definition) is 0. The quantitative estimate of drug-likeness (QED) is 0.417. The molecule has 0 saturated carbocycles. The van der Waals surface area contributed by atoms with E-state index in [1.54, 1.807) is 0 Å². The van der Waals surface area contributed by atoms with E-state index < -0.39 is 28.9 Å². The molecule has 0 bridgehead atoms. The number of rotatable bonds is 1. The molecule has 1 aliphatic rings. The zero-order valence-electron chi connectivity index (χ0n) is 14.1. The van der Waals surface area contributed by atoms with E-state index in [2.05, 4.69) is 0 Å². The maximum atomic E-state index is 14.8. The Morgan fingerprint density at radius 2 is 1.00 bits per heavy atom. The van der Waals surface area contributed by atoms with Crippen LogP contribution in [0.5, 0.6) is 11.5 Å². The summed E-state index contributed by atoms with van der Waals surface area (Å²) >= 11 is 0. The van der Waals surface area contributed by atoms with Crippen molar-refractivity contribution in [3.05, 3.63) is 95.1 Å². The summed E-state index contributed by atoms with van der Waals surface area (Å²) in [5.41, 5.74) is -5.99. The number of halogens is 6. The summed E-state index contributed by atoms with van der Waals surface area (Å²) in [4.78, 5) is 0. The van der Waals surface area contributed by atoms with Gasteiger partial charge in [-0.2, -0.15) is 26.3 Å². The van der Waals surface area contributed by atoms with Crippen molar-refractivity contribution in [2.75, 3.05) is 0 Å². The van der Waals surface area contributed by atoms with Crippen LogP contribution < -0.4 is 4.74 Å². The van der Waals surface area contributed by atoms with Crippen molar-refractivity contribution >= 4 is 0 Å². The number of benzene rings is 3. The first-order chi connectivity index (χ1) is 13.2. The smallest absolute Gasteiger partial charge is 0.416 e. The fraction of sp³-hybridized carbons (Fsp3) is 0.143. The standard InChI is InChI=1S/C21H12F6O/c22-20(23,24)14-8-2-1-7-13(14)19(21(25,26)27)15-9-3-5-11-17(15)28-18-12-6-4-10-16(18)19/h1-12H. The molecule has 0 aromatic heterocycles. The number of alkyl halides is 6. The summed E-state index contributed by atoms with van der Waals surface area (Å²) in [5.74, 6) is -0.258. The lowest BCUT2D eigenvalue weighted by atomic mass is 9.65. The van der Waals surface area contributed by atoms with Gasteiger partial charge in [0.15, 0.2) is 0 Å². The number of hydrogen-bond acceptors (Lipinski definition) is 1. The first kappa shape index (κ1) is 18.4. The van der Waals surface area contributed by atoms with Crippen molar-refractivity contribution in [1.82, 2.24) is 0 Å². The summed E-state index contributed by atoms with van der Waals surface area (Å²) < 4.78 is 91.1. The second-order valence-electron chi connectivity index (χ2n) is 6.39. The molecule has 28 heavy (non-hydrogen) atoms. The van der Waals surface area contributed by atoms with E-state index in [9.17, 15) is 26.3 Å². The van der Waals surface area contributed by atoms with Gasteiger partial charge in [-0.05, 0) is 23.8 Å². The van der Waals surface area contributed by atoms with Crippen LogP contribution >= 0.6 is 0 Å². The normalized spacial score (nSPS) is 15.4. The molecule has 0 amide bonds. The molecule has 0 spiro atoms. The van der Waals surface area contributed by atoms with Crippen LogP contribution in [0.3, 0.4) is 0 Å². The number of fused-ring (bicyclic) bond motifs is 2. The fourth-order valence-electron chi connectivity index (χ4n) is 3.80. The highest BCUT2D eigenvalue weighted by Crippen LogP contribution is 2.60. The summed E-state index contributed by atoms with van der Waals surface area (Å²) in [6, 6.07) is 14.4. The van der Waals surface area contributed by atoms with Gasteiger partial charge in [-0.1, -0.05) is 54.6 Å². The molecule has 4 rings (SSSR count). The van der Waals surface area contributed by atoms with Crippen molar-refractivity contribution in [2.24, 2.45) is 0 Å². The van der Waals surface area contributed by atoms with Gasteiger partial charge in [0.2, 0.25) is 0 Å². The average molecular weight is 394 g/mol. The van der Waals surface area contributed by atoms with Crippen LogP contribution in [0.4, 0.5) is 26.3 Å². The van der Waals surface area contributed by atoms with Crippen LogP contribution in [0, 0.1) is 0 Å². The minimum atomic E-state index is -5.07. The first-order valence-corrected chi connectivity index (χ1v) is 8.27. The molecule has 0 N–H and O–H groups in total. The largest absolute Gasteiger partial charge is 0.457 e. The minimum Gasteiger partial charge on any atom is -0.457 e. The highest BCUT2D eigenvalue weighted by Gasteiger charge is 2.63. The first-order valence-electron chi connectivity index (χ1n) is 8.27. The molecule has 0 atom stereocenters. The molecule has 0 radical (unpaired) electrons. The minimum absolute atomic E-state index is 0.129. The molecular formula is C21H12F6O. The monoisotopic (exact) mass is 394 g/mol. The summed E-state index contributed by atoms with van der Waals surface area (Å²) in [6.45, 7) is 0. The Bertz CT molecular complexity index is 990. The topological polar surface area (TPSA) is 9.23 Å². The lowest BCUT2D eigenvalue weighted by Crippen LogP contribution is -2.47. The molecule has 0 unspecified atom stereocenters. The van der Waals surface area contributed by atoms with Crippen molar-refractivity contribution in [1.29, 1.82) is 0 Å². The average Bonchev–Trinajstić information content (AvgIpc) is 2.64. The number of ether oxygens (including phenoxy) is 1. The number of para-hydroxylation sites is 2. The van der Waals surface area contributed by atoms with E-state index in [4.69, 9.17) is 4.74 Å². The van der Waals surface area contributed by atoms with E-state index in [-0.39, 0.29) is 22.6 Å². The summed E-state index contributed by atoms with van der Waals surface area (Å²) in [7, 11) is 0. The SMILES string of the molecule is FC(F)(F)c1ccccc1C1(C(F)(F)F)c2ccccc2Oc2ccccc21. The highest BCUT2D eigenvalue weighted by molar-refractivity contribution is 5.65. The van der Waals surface area contributed by atoms with Gasteiger partial charge < -0.3 is 4.74 Å². The van der Waals surface area contributed by atoms with Crippen molar-refractivity contribution < 1.29 is 31.1 Å². The fourth-order valence-corrected chi connectivity index (χ4v) is 3.80. The molecule has 1 nitrogen and oxygen atoms in total. The van der Waals surface area contributed by atoms with Gasteiger partial charge in [0.1, 0.15) is 16.9 Å². The molecule has 1 heterocycles. The van der Waals surface area contributed by atoms with Gasteiger partial charge in [-0.3, -0.25) is 0 Å². The van der Waals surface area contributed by atoms with Crippen LogP contribution in [0.15, 0.2) is 72.8 Å². The van der Waals surface area contributed by atoms with Crippen LogP contribution in [0.1, 0.15) is 22.3 Å². The molecule has 0 saturated heterocycles. The second kappa shape index (κ2) is 6.02. The third-order valence-electron chi connectivity index (χ3n) is 4.86. The van der Waals surface area contributed by atoms with Crippen molar-refractivity contribution in [3.8, 4) is 11.5 Å². The van der Waals surface area contributed by atoms with Gasteiger partial charge in [0.05, 0.1) is 5.56 Å². The highest BCUT2D eigenvalue weighted by atomic mass is 19.4. The van der Waals surface area contributed by atoms with Gasteiger partial charge in [0, 0.05) is 11.1 Å². The van der Waals surface area contributed by atoms with E-state index in [1.165, 1.54) is 42.5 Å². The molecule has 0 aliphatic carbocycles. The Morgan fingerprint density at radius 3 is 1.46 bits per heavy atom. The zero-order valence-corrected chi connectivity index (χ0v) is 14.1. The van der Waals surface area contributed by atoms with Crippen LogP contribution in [-0.2, 0) is 11.6 Å². The Kier molecular flexibility index (Phi) is 3.96. The molecule has 3 aromatic rings. The van der Waals surface area contributed by atoms with E-state index in [1.807, 2.05) is 0 Å². The van der Waals surface area contributed by atoms with Gasteiger partial charge >= 0.3 is 12.4 Å². The maximum absolute atomic E-state index is 14.8. The molecule has 7 heteroatoms. The predicted molar refractivity (Wildman–Crippen MR) is 90.3 cm³/mol. The predicted octanol–water partition coefficient (Wildman–Crippen LogP) is 6.71. The molecule has 144 valence electrons. The second-order valence-corrected chi connectivity index (χ2v) is 6.39. The van der Waals surface area contributed by atoms with Crippen LogP contribution in [-0.4, -0.2) is 6.18 Å². The Labute approximate surface area is 156 Å². The van der Waals surface area contributed by atoms with E-state index in [0.717, 1.165) is 24.3 Å². The molecule has 0 fully saturated rings. The molecule has 1 aliphatic heterocycles. The van der Waals surface area contributed by atoms with Gasteiger partial charge in [-0.25, -0.2) is 0 Å². The lowest BCUT2D eigenvalue weighted by molar-refractivity contribution is -0.172. The van der Waals surface area contributed by atoms with Gasteiger partial charge in [0.25, 0.3) is 0 Å². The van der Waals surface area contributed by atoms with Crippen molar-refractivity contribution in [2.45, 2.75) is 17.8 Å². The molecule has 3 aromatic carbocycles. The van der Waals surface area contributed by atoms with Crippen molar-refractivity contribution in [3.63, 3.8) is 0 Å². The van der Waals surface area contributed by atoms with Crippen LogP contribution in [0.2, 0.25) is 0 Å². The Balaban J connectivity index is 2.22. The third kappa shape index (κ3) is 2.49. The summed E-state index contributed by atoms with van der Waals surface area (Å²) in [5, 5.41) is 0. The third-order valence-corrected chi connectivity index (χ3v) is 4.86. The lowest BCUT2D eigenvalue weighted by Gasteiger charge is -2.42. The Hall–Kier alpha value is -2.96. The van der Waals surface area contributed by atoms with E-state index in [0.29, 0.717) is 6.07 Å². The van der Waals surface area contributed by atoms with Gasteiger partial charge in [-0.15, -0.1) is 0 Å².